The third-order valence-corrected chi connectivity index (χ3v) is 6.27. The van der Waals surface area contributed by atoms with Gasteiger partial charge in [-0.25, -0.2) is 0 Å². The fourth-order valence-electron chi connectivity index (χ4n) is 3.31. The van der Waals surface area contributed by atoms with Crippen molar-refractivity contribution in [2.24, 2.45) is 0 Å². The molecule has 0 aliphatic carbocycles. The molecule has 156 valence electrons. The molecular weight excluding hydrogens is 406 g/mol. The second-order valence-corrected chi connectivity index (χ2v) is 8.99. The number of ether oxygens (including phenoxy) is 1. The number of benzene rings is 1. The van der Waals surface area contributed by atoms with E-state index in [1.165, 1.54) is 0 Å². The van der Waals surface area contributed by atoms with Crippen molar-refractivity contribution < 1.29 is 9.53 Å². The summed E-state index contributed by atoms with van der Waals surface area (Å²) >= 11 is 7.54. The summed E-state index contributed by atoms with van der Waals surface area (Å²) in [5.41, 5.74) is 1.10. The van der Waals surface area contributed by atoms with E-state index in [1.807, 2.05) is 48.2 Å². The predicted octanol–water partition coefficient (Wildman–Crippen LogP) is 3.97. The average Bonchev–Trinajstić information content (AvgIpc) is 2.75. The zero-order valence-corrected chi connectivity index (χ0v) is 18.4. The summed E-state index contributed by atoms with van der Waals surface area (Å²) in [5, 5.41) is 0.539. The summed E-state index contributed by atoms with van der Waals surface area (Å²) in [6, 6.07) is 11.6. The van der Waals surface area contributed by atoms with Crippen LogP contribution in [-0.4, -0.2) is 65.3 Å². The summed E-state index contributed by atoms with van der Waals surface area (Å²) < 4.78 is 5.42. The number of morpholine rings is 1. The first-order valence-electron chi connectivity index (χ1n) is 10.0. The number of carbonyl (C=O) groups excluding carboxylic acids is 1. The van der Waals surface area contributed by atoms with Gasteiger partial charge < -0.3 is 9.64 Å². The van der Waals surface area contributed by atoms with Crippen LogP contribution in [0, 0.1) is 0 Å². The van der Waals surface area contributed by atoms with Crippen molar-refractivity contribution in [1.29, 1.82) is 0 Å². The molecule has 7 heteroatoms. The first kappa shape index (κ1) is 22.1. The molecule has 1 amide bonds. The van der Waals surface area contributed by atoms with Crippen molar-refractivity contribution in [3.05, 3.63) is 59.4 Å². The van der Waals surface area contributed by atoms with E-state index in [4.69, 9.17) is 16.3 Å². The van der Waals surface area contributed by atoms with Crippen LogP contribution in [0.3, 0.4) is 0 Å². The van der Waals surface area contributed by atoms with Crippen molar-refractivity contribution in [3.8, 4) is 0 Å². The number of hydrogen-bond acceptors (Lipinski definition) is 5. The second-order valence-electron chi connectivity index (χ2n) is 7.14. The number of amides is 1. The zero-order chi connectivity index (χ0) is 20.5. The molecule has 1 aliphatic heterocycles. The topological polar surface area (TPSA) is 45.7 Å². The minimum Gasteiger partial charge on any atom is -0.379 e. The normalized spacial score (nSPS) is 15.8. The molecule has 1 unspecified atom stereocenters. The van der Waals surface area contributed by atoms with E-state index in [-0.39, 0.29) is 11.2 Å². The third-order valence-electron chi connectivity index (χ3n) is 4.91. The predicted molar refractivity (Wildman–Crippen MR) is 118 cm³/mol. The Labute approximate surface area is 182 Å². The summed E-state index contributed by atoms with van der Waals surface area (Å²) in [6.07, 6.45) is 4.50. The van der Waals surface area contributed by atoms with Gasteiger partial charge in [0.25, 0.3) is 0 Å². The molecule has 1 aromatic heterocycles. The lowest BCUT2D eigenvalue weighted by molar-refractivity contribution is -0.131. The molecule has 2 heterocycles. The maximum Gasteiger partial charge on any atom is 0.236 e. The van der Waals surface area contributed by atoms with Crippen molar-refractivity contribution in [1.82, 2.24) is 14.8 Å². The summed E-state index contributed by atoms with van der Waals surface area (Å²) in [5.74, 6) is 0.156. The molecule has 2 aromatic rings. The SMILES string of the molecule is CC(Sc1ccc(Cl)cc1)C(=O)N(CCCN1CCOCC1)Cc1ccncc1. The van der Waals surface area contributed by atoms with Crippen LogP contribution in [0.5, 0.6) is 0 Å². The fourth-order valence-corrected chi connectivity index (χ4v) is 4.39. The lowest BCUT2D eigenvalue weighted by Gasteiger charge is -2.29. The molecular formula is C22H28ClN3O2S. The Morgan fingerprint density at radius 3 is 2.59 bits per heavy atom. The Kier molecular flexibility index (Phi) is 8.80. The van der Waals surface area contributed by atoms with Crippen LogP contribution in [-0.2, 0) is 16.1 Å². The van der Waals surface area contributed by atoms with E-state index in [0.29, 0.717) is 11.6 Å². The first-order valence-corrected chi connectivity index (χ1v) is 11.3. The van der Waals surface area contributed by atoms with Crippen LogP contribution >= 0.6 is 23.4 Å². The van der Waals surface area contributed by atoms with Gasteiger partial charge >= 0.3 is 0 Å². The number of aromatic nitrogens is 1. The average molecular weight is 434 g/mol. The maximum absolute atomic E-state index is 13.2. The van der Waals surface area contributed by atoms with Crippen LogP contribution in [0.2, 0.25) is 5.02 Å². The Balaban J connectivity index is 1.60. The quantitative estimate of drug-likeness (QED) is 0.560. The van der Waals surface area contributed by atoms with Gasteiger partial charge in [-0.1, -0.05) is 11.6 Å². The number of halogens is 1. The lowest BCUT2D eigenvalue weighted by Crippen LogP contribution is -2.40. The van der Waals surface area contributed by atoms with Crippen LogP contribution in [0.4, 0.5) is 0 Å². The lowest BCUT2D eigenvalue weighted by atomic mass is 10.2. The molecule has 1 aliphatic rings. The van der Waals surface area contributed by atoms with Crippen molar-refractivity contribution in [3.63, 3.8) is 0 Å². The number of hydrogen-bond donors (Lipinski definition) is 0. The van der Waals surface area contributed by atoms with Gasteiger partial charge in [0.15, 0.2) is 0 Å². The number of pyridine rings is 1. The van der Waals surface area contributed by atoms with Crippen molar-refractivity contribution in [2.75, 3.05) is 39.4 Å². The standard InChI is InChI=1S/C22H28ClN3O2S/c1-18(29-21-5-3-20(23)4-6-21)22(27)26(17-19-7-9-24-10-8-19)12-2-11-25-13-15-28-16-14-25/h3-10,18H,2,11-17H2,1H3. The Hall–Kier alpha value is -1.60. The molecule has 0 bridgehead atoms. The van der Waals surface area contributed by atoms with Gasteiger partial charge in [0.2, 0.25) is 5.91 Å². The minimum atomic E-state index is -0.165. The van der Waals surface area contributed by atoms with Crippen LogP contribution in [0.1, 0.15) is 18.9 Å². The number of thioether (sulfide) groups is 1. The van der Waals surface area contributed by atoms with Gasteiger partial charge in [-0.05, 0) is 55.3 Å². The Morgan fingerprint density at radius 2 is 1.90 bits per heavy atom. The van der Waals surface area contributed by atoms with Gasteiger partial charge in [0.05, 0.1) is 18.5 Å². The van der Waals surface area contributed by atoms with E-state index in [2.05, 4.69) is 9.88 Å². The first-order chi connectivity index (χ1) is 14.1. The summed E-state index contributed by atoms with van der Waals surface area (Å²) in [6.45, 7) is 7.86. The van der Waals surface area contributed by atoms with Gasteiger partial charge in [0.1, 0.15) is 0 Å². The smallest absolute Gasteiger partial charge is 0.236 e. The second kappa shape index (κ2) is 11.6. The van der Waals surface area contributed by atoms with E-state index in [1.54, 1.807) is 24.2 Å². The van der Waals surface area contributed by atoms with Crippen LogP contribution in [0.25, 0.3) is 0 Å². The van der Waals surface area contributed by atoms with Gasteiger partial charge in [-0.3, -0.25) is 14.7 Å². The number of carbonyl (C=O) groups is 1. The molecule has 1 fully saturated rings. The molecule has 3 rings (SSSR count). The molecule has 1 aromatic carbocycles. The summed E-state index contributed by atoms with van der Waals surface area (Å²) in [7, 11) is 0. The molecule has 5 nitrogen and oxygen atoms in total. The molecule has 0 N–H and O–H groups in total. The van der Waals surface area contributed by atoms with Crippen molar-refractivity contribution in [2.45, 2.75) is 30.0 Å². The molecule has 1 atom stereocenters. The summed E-state index contributed by atoms with van der Waals surface area (Å²) in [4.78, 5) is 22.7. The molecule has 29 heavy (non-hydrogen) atoms. The minimum absolute atomic E-state index is 0.156. The van der Waals surface area contributed by atoms with Gasteiger partial charge in [-0.2, -0.15) is 0 Å². The largest absolute Gasteiger partial charge is 0.379 e. The Morgan fingerprint density at radius 1 is 1.21 bits per heavy atom. The highest BCUT2D eigenvalue weighted by Gasteiger charge is 2.22. The Bertz CT molecular complexity index is 754. The molecule has 0 radical (unpaired) electrons. The number of nitrogens with zero attached hydrogens (tertiary/aromatic N) is 3. The maximum atomic E-state index is 13.2. The van der Waals surface area contributed by atoms with E-state index in [0.717, 1.165) is 56.3 Å². The molecule has 1 saturated heterocycles. The van der Waals surface area contributed by atoms with Crippen molar-refractivity contribution >= 4 is 29.3 Å². The highest BCUT2D eigenvalue weighted by Crippen LogP contribution is 2.26. The van der Waals surface area contributed by atoms with Gasteiger partial charge in [-0.15, -0.1) is 11.8 Å². The van der Waals surface area contributed by atoms with Crippen LogP contribution in [0.15, 0.2) is 53.7 Å². The number of rotatable bonds is 9. The third kappa shape index (κ3) is 7.30. The molecule has 0 spiro atoms. The van der Waals surface area contributed by atoms with E-state index < -0.39 is 0 Å². The van der Waals surface area contributed by atoms with E-state index in [9.17, 15) is 4.79 Å². The van der Waals surface area contributed by atoms with E-state index >= 15 is 0 Å². The monoisotopic (exact) mass is 433 g/mol. The highest BCUT2D eigenvalue weighted by molar-refractivity contribution is 8.00. The van der Waals surface area contributed by atoms with Crippen LogP contribution < -0.4 is 0 Å². The highest BCUT2D eigenvalue weighted by atomic mass is 35.5. The molecule has 0 saturated carbocycles. The zero-order valence-electron chi connectivity index (χ0n) is 16.8. The fraction of sp³-hybridized carbons (Fsp3) is 0.455. The van der Waals surface area contributed by atoms with Gasteiger partial charge in [0, 0.05) is 55.0 Å².